The van der Waals surface area contributed by atoms with E-state index in [2.05, 4.69) is 73.0 Å². The standard InChI is InChI=1S/C28H46N2/c1-18(2)30-19(3)22-14-16-28(7)24-11-10-23-20(9-12-25(29-8)26(23,4)5)17-21(24)13-15-27(22,28)6/h9,17,19,22-25,29H,10-16H2,1-8H3. The molecule has 0 spiro atoms. The van der Waals surface area contributed by atoms with Crippen LogP contribution >= 0.6 is 0 Å². The van der Waals surface area contributed by atoms with E-state index in [0.29, 0.717) is 34.2 Å². The SMILES string of the molecule is CNC1CC=C2C=C3CCC4(C)C(C(C)N=C(C)C)CCC4(C)C3CCC2C1(C)C. The summed E-state index contributed by atoms with van der Waals surface area (Å²) in [6.07, 6.45) is 14.5. The second-order valence-electron chi connectivity index (χ2n) is 12.3. The maximum atomic E-state index is 5.03. The summed E-state index contributed by atoms with van der Waals surface area (Å²) in [5.74, 6) is 2.18. The molecule has 0 aliphatic heterocycles. The highest BCUT2D eigenvalue weighted by Gasteiger charge is 2.61. The molecule has 30 heavy (non-hydrogen) atoms. The fraction of sp³-hybridized carbons (Fsp3) is 0.821. The molecule has 7 unspecified atom stereocenters. The van der Waals surface area contributed by atoms with Gasteiger partial charge >= 0.3 is 0 Å². The molecule has 0 heterocycles. The summed E-state index contributed by atoms with van der Waals surface area (Å²) in [5.41, 5.74) is 5.85. The Hall–Kier alpha value is -0.890. The minimum atomic E-state index is 0.327. The van der Waals surface area contributed by atoms with E-state index in [4.69, 9.17) is 4.99 Å². The van der Waals surface area contributed by atoms with E-state index in [1.54, 1.807) is 11.1 Å². The lowest BCUT2D eigenvalue weighted by Gasteiger charge is -2.54. The van der Waals surface area contributed by atoms with E-state index >= 15 is 0 Å². The van der Waals surface area contributed by atoms with Gasteiger partial charge in [-0.3, -0.25) is 4.99 Å². The highest BCUT2D eigenvalue weighted by molar-refractivity contribution is 5.79. The third-order valence-electron chi connectivity index (χ3n) is 10.5. The first-order chi connectivity index (χ1) is 14.0. The molecule has 4 aliphatic carbocycles. The van der Waals surface area contributed by atoms with Gasteiger partial charge in [-0.1, -0.05) is 45.4 Å². The van der Waals surface area contributed by atoms with Gasteiger partial charge in [0.05, 0.1) is 6.04 Å². The molecule has 7 atom stereocenters. The van der Waals surface area contributed by atoms with Crippen molar-refractivity contribution < 1.29 is 0 Å². The second-order valence-corrected chi connectivity index (χ2v) is 12.3. The van der Waals surface area contributed by atoms with E-state index in [0.717, 1.165) is 11.8 Å². The number of fused-ring (bicyclic) bond motifs is 4. The van der Waals surface area contributed by atoms with Crippen molar-refractivity contribution in [1.82, 2.24) is 5.32 Å². The van der Waals surface area contributed by atoms with Crippen LogP contribution < -0.4 is 5.32 Å². The molecule has 0 aromatic rings. The summed E-state index contributed by atoms with van der Waals surface area (Å²) in [6.45, 7) is 17.0. The van der Waals surface area contributed by atoms with Crippen LogP contribution in [0.15, 0.2) is 28.3 Å². The van der Waals surface area contributed by atoms with Gasteiger partial charge in [0.15, 0.2) is 0 Å². The fourth-order valence-electron chi connectivity index (χ4n) is 8.57. The zero-order chi connectivity index (χ0) is 21.9. The highest BCUT2D eigenvalue weighted by atomic mass is 14.9. The van der Waals surface area contributed by atoms with Crippen molar-refractivity contribution in [3.05, 3.63) is 23.3 Å². The van der Waals surface area contributed by atoms with Crippen molar-refractivity contribution in [3.63, 3.8) is 0 Å². The Morgan fingerprint density at radius 1 is 1.03 bits per heavy atom. The first kappa shape index (κ1) is 22.3. The molecule has 168 valence electrons. The van der Waals surface area contributed by atoms with E-state index in [1.807, 2.05) is 0 Å². The van der Waals surface area contributed by atoms with Crippen LogP contribution in [0.3, 0.4) is 0 Å². The summed E-state index contributed by atoms with van der Waals surface area (Å²) >= 11 is 0. The zero-order valence-electron chi connectivity index (χ0n) is 20.9. The largest absolute Gasteiger partial charge is 0.316 e. The molecule has 0 aromatic heterocycles. The van der Waals surface area contributed by atoms with Crippen LogP contribution in [0.25, 0.3) is 0 Å². The first-order valence-corrected chi connectivity index (χ1v) is 12.6. The molecule has 2 heteroatoms. The van der Waals surface area contributed by atoms with Crippen molar-refractivity contribution >= 4 is 5.71 Å². The Morgan fingerprint density at radius 3 is 2.40 bits per heavy atom. The van der Waals surface area contributed by atoms with Crippen molar-refractivity contribution in [2.24, 2.45) is 39.0 Å². The van der Waals surface area contributed by atoms with E-state index in [-0.39, 0.29) is 0 Å². The summed E-state index contributed by atoms with van der Waals surface area (Å²) in [6, 6.07) is 1.05. The molecular weight excluding hydrogens is 364 g/mol. The molecule has 2 fully saturated rings. The van der Waals surface area contributed by atoms with Gasteiger partial charge in [0.25, 0.3) is 0 Å². The molecule has 0 aromatic carbocycles. The van der Waals surface area contributed by atoms with Crippen LogP contribution in [0.1, 0.15) is 93.4 Å². The van der Waals surface area contributed by atoms with Crippen molar-refractivity contribution in [3.8, 4) is 0 Å². The first-order valence-electron chi connectivity index (χ1n) is 12.6. The van der Waals surface area contributed by atoms with Crippen LogP contribution in [0, 0.1) is 34.0 Å². The summed E-state index contributed by atoms with van der Waals surface area (Å²) in [7, 11) is 2.15. The Morgan fingerprint density at radius 2 is 1.73 bits per heavy atom. The number of aliphatic imine (C=N–C) groups is 1. The van der Waals surface area contributed by atoms with Crippen LogP contribution in [0.2, 0.25) is 0 Å². The Kier molecular flexibility index (Phi) is 5.66. The summed E-state index contributed by atoms with van der Waals surface area (Å²) in [4.78, 5) is 5.03. The van der Waals surface area contributed by atoms with Gasteiger partial charge in [-0.15, -0.1) is 0 Å². The average molecular weight is 411 g/mol. The number of nitrogens with one attached hydrogen (secondary N) is 1. The lowest BCUT2D eigenvalue weighted by molar-refractivity contribution is -0.0180. The van der Waals surface area contributed by atoms with E-state index in [9.17, 15) is 0 Å². The van der Waals surface area contributed by atoms with Gasteiger partial charge in [-0.05, 0) is 112 Å². The maximum Gasteiger partial charge on any atom is 0.0504 e. The zero-order valence-corrected chi connectivity index (χ0v) is 20.9. The average Bonchev–Trinajstić information content (AvgIpc) is 2.81. The molecule has 4 aliphatic rings. The van der Waals surface area contributed by atoms with E-state index < -0.39 is 0 Å². The Bertz CT molecular complexity index is 768. The molecule has 0 amide bonds. The quantitative estimate of drug-likeness (QED) is 0.499. The van der Waals surface area contributed by atoms with Crippen LogP contribution in [-0.2, 0) is 0 Å². The number of hydrogen-bond donors (Lipinski definition) is 1. The van der Waals surface area contributed by atoms with Crippen molar-refractivity contribution in [1.29, 1.82) is 0 Å². The van der Waals surface area contributed by atoms with Gasteiger partial charge in [0, 0.05) is 11.8 Å². The number of nitrogens with zero attached hydrogens (tertiary/aromatic N) is 1. The van der Waals surface area contributed by atoms with Gasteiger partial charge in [-0.25, -0.2) is 0 Å². The topological polar surface area (TPSA) is 24.4 Å². The number of hydrogen-bond acceptors (Lipinski definition) is 2. The third kappa shape index (κ3) is 3.19. The lowest BCUT2D eigenvalue weighted by atomic mass is 9.50. The Labute approximate surface area is 186 Å². The molecule has 0 saturated heterocycles. The summed E-state index contributed by atoms with van der Waals surface area (Å²) < 4.78 is 0. The molecule has 0 bridgehead atoms. The molecule has 2 saturated carbocycles. The van der Waals surface area contributed by atoms with Gasteiger partial charge in [-0.2, -0.15) is 0 Å². The minimum Gasteiger partial charge on any atom is -0.316 e. The highest BCUT2D eigenvalue weighted by Crippen LogP contribution is 2.69. The predicted octanol–water partition coefficient (Wildman–Crippen LogP) is 6.97. The maximum absolute atomic E-state index is 5.03. The monoisotopic (exact) mass is 410 g/mol. The lowest BCUT2D eigenvalue weighted by Crippen LogP contribution is -2.48. The Balaban J connectivity index is 1.66. The normalized spacial score (nSPS) is 43.3. The van der Waals surface area contributed by atoms with Gasteiger partial charge < -0.3 is 5.32 Å². The van der Waals surface area contributed by atoms with Crippen LogP contribution in [-0.4, -0.2) is 24.8 Å². The molecule has 1 N–H and O–H groups in total. The minimum absolute atomic E-state index is 0.327. The molecule has 0 radical (unpaired) electrons. The van der Waals surface area contributed by atoms with Gasteiger partial charge in [0.1, 0.15) is 0 Å². The smallest absolute Gasteiger partial charge is 0.0504 e. The molecular formula is C28H46N2. The fourth-order valence-corrected chi connectivity index (χ4v) is 8.57. The van der Waals surface area contributed by atoms with Gasteiger partial charge in [0.2, 0.25) is 0 Å². The summed E-state index contributed by atoms with van der Waals surface area (Å²) in [5, 5.41) is 3.62. The van der Waals surface area contributed by atoms with E-state index in [1.165, 1.54) is 50.7 Å². The predicted molar refractivity (Wildman–Crippen MR) is 130 cm³/mol. The number of allylic oxidation sites excluding steroid dienone is 3. The number of rotatable bonds is 3. The third-order valence-corrected chi connectivity index (χ3v) is 10.5. The van der Waals surface area contributed by atoms with Crippen LogP contribution in [0.4, 0.5) is 0 Å². The van der Waals surface area contributed by atoms with Crippen molar-refractivity contribution in [2.45, 2.75) is 105 Å². The van der Waals surface area contributed by atoms with Crippen molar-refractivity contribution in [2.75, 3.05) is 7.05 Å². The molecule has 4 rings (SSSR count). The second kappa shape index (κ2) is 7.61. The molecule has 2 nitrogen and oxygen atoms in total. The van der Waals surface area contributed by atoms with Crippen LogP contribution in [0.5, 0.6) is 0 Å².